The molecule has 4 nitrogen and oxygen atoms in total. The van der Waals surface area contributed by atoms with Gasteiger partial charge in [0.15, 0.2) is 0 Å². The van der Waals surface area contributed by atoms with Crippen LogP contribution in [0, 0.1) is 0 Å². The Kier molecular flexibility index (Phi) is 5.49. The van der Waals surface area contributed by atoms with Crippen LogP contribution in [0.5, 0.6) is 5.75 Å². The lowest BCUT2D eigenvalue weighted by molar-refractivity contribution is 0.0909. The van der Waals surface area contributed by atoms with E-state index in [2.05, 4.69) is 43.0 Å². The van der Waals surface area contributed by atoms with Crippen molar-refractivity contribution in [1.82, 2.24) is 4.90 Å². The monoisotopic (exact) mass is 377 g/mol. The molecule has 0 spiro atoms. The zero-order valence-corrected chi connectivity index (χ0v) is 16.6. The van der Waals surface area contributed by atoms with Gasteiger partial charge in [-0.2, -0.15) is 0 Å². The number of hydrogen-bond acceptors (Lipinski definition) is 4. The van der Waals surface area contributed by atoms with Crippen LogP contribution in [0.3, 0.4) is 0 Å². The first-order valence-corrected chi connectivity index (χ1v) is 10.1. The highest BCUT2D eigenvalue weighted by atomic mass is 16.5. The van der Waals surface area contributed by atoms with Crippen LogP contribution in [0.25, 0.3) is 11.0 Å². The van der Waals surface area contributed by atoms with Crippen molar-refractivity contribution in [3.8, 4) is 5.75 Å². The molecule has 0 saturated carbocycles. The molecule has 1 aliphatic heterocycles. The van der Waals surface area contributed by atoms with E-state index in [1.807, 2.05) is 18.2 Å². The van der Waals surface area contributed by atoms with Crippen LogP contribution in [0.4, 0.5) is 0 Å². The van der Waals surface area contributed by atoms with Gasteiger partial charge in [-0.25, -0.2) is 4.79 Å². The standard InChI is InChI=1S/C24H27NO3/c1-3-4-8-19-13-23(26)28-24-20(19)11-12-22-21(24)15-25(16-27-22)14-17(2)18-9-6-5-7-10-18/h5-7,9-13,17H,3-4,8,14-16H2,1-2H3/t17-/m1/s1. The molecule has 146 valence electrons. The third-order valence-electron chi connectivity index (χ3n) is 5.54. The van der Waals surface area contributed by atoms with Crippen molar-refractivity contribution < 1.29 is 9.15 Å². The number of unbranched alkanes of at least 4 members (excludes halogenated alkanes) is 1. The predicted octanol–water partition coefficient (Wildman–Crippen LogP) is 5.09. The molecule has 2 heterocycles. The second kappa shape index (κ2) is 8.19. The first-order chi connectivity index (χ1) is 13.7. The summed E-state index contributed by atoms with van der Waals surface area (Å²) in [7, 11) is 0. The Morgan fingerprint density at radius 2 is 1.96 bits per heavy atom. The molecule has 1 aliphatic rings. The van der Waals surface area contributed by atoms with Crippen molar-refractivity contribution in [3.63, 3.8) is 0 Å². The molecule has 0 N–H and O–H groups in total. The Morgan fingerprint density at radius 3 is 2.75 bits per heavy atom. The van der Waals surface area contributed by atoms with Crippen LogP contribution in [0.1, 0.15) is 49.3 Å². The van der Waals surface area contributed by atoms with Crippen molar-refractivity contribution in [2.45, 2.75) is 45.6 Å². The van der Waals surface area contributed by atoms with Gasteiger partial charge in [-0.1, -0.05) is 50.6 Å². The maximum atomic E-state index is 12.2. The second-order valence-electron chi connectivity index (χ2n) is 7.71. The lowest BCUT2D eigenvalue weighted by Crippen LogP contribution is -2.34. The minimum atomic E-state index is -0.276. The summed E-state index contributed by atoms with van der Waals surface area (Å²) in [5, 5.41) is 1.04. The van der Waals surface area contributed by atoms with Crippen LogP contribution in [-0.4, -0.2) is 18.2 Å². The van der Waals surface area contributed by atoms with E-state index < -0.39 is 0 Å². The number of benzene rings is 2. The highest BCUT2D eigenvalue weighted by molar-refractivity contribution is 5.85. The molecule has 0 amide bonds. The summed E-state index contributed by atoms with van der Waals surface area (Å²) >= 11 is 0. The second-order valence-corrected chi connectivity index (χ2v) is 7.71. The van der Waals surface area contributed by atoms with E-state index in [1.54, 1.807) is 6.07 Å². The van der Waals surface area contributed by atoms with E-state index >= 15 is 0 Å². The quantitative estimate of drug-likeness (QED) is 0.561. The largest absolute Gasteiger partial charge is 0.478 e. The average molecular weight is 377 g/mol. The van der Waals surface area contributed by atoms with Gasteiger partial charge < -0.3 is 9.15 Å². The zero-order valence-electron chi connectivity index (χ0n) is 16.6. The van der Waals surface area contributed by atoms with Gasteiger partial charge in [0.1, 0.15) is 18.1 Å². The molecule has 0 radical (unpaired) electrons. The van der Waals surface area contributed by atoms with Crippen molar-refractivity contribution in [2.75, 3.05) is 13.3 Å². The van der Waals surface area contributed by atoms with Crippen LogP contribution in [-0.2, 0) is 13.0 Å². The van der Waals surface area contributed by atoms with Crippen LogP contribution >= 0.6 is 0 Å². The van der Waals surface area contributed by atoms with E-state index in [1.165, 1.54) is 5.56 Å². The number of rotatable bonds is 6. The van der Waals surface area contributed by atoms with E-state index in [0.717, 1.165) is 54.6 Å². The molecule has 4 heteroatoms. The van der Waals surface area contributed by atoms with Gasteiger partial charge in [0.2, 0.25) is 0 Å². The normalized spacial score (nSPS) is 15.2. The number of ether oxygens (including phenoxy) is 1. The van der Waals surface area contributed by atoms with Crippen LogP contribution in [0.2, 0.25) is 0 Å². The first-order valence-electron chi connectivity index (χ1n) is 10.1. The Bertz CT molecular complexity index is 1010. The fraction of sp³-hybridized carbons (Fsp3) is 0.375. The number of nitrogens with zero attached hydrogens (tertiary/aromatic N) is 1. The SMILES string of the molecule is CCCCc1cc(=O)oc2c3c(ccc12)OCN(C[C@@H](C)c1ccccc1)C3. The first kappa shape index (κ1) is 18.8. The maximum absolute atomic E-state index is 12.2. The summed E-state index contributed by atoms with van der Waals surface area (Å²) < 4.78 is 11.7. The van der Waals surface area contributed by atoms with E-state index in [-0.39, 0.29) is 5.63 Å². The van der Waals surface area contributed by atoms with E-state index in [0.29, 0.717) is 18.2 Å². The number of fused-ring (bicyclic) bond motifs is 3. The van der Waals surface area contributed by atoms with Gasteiger partial charge in [-0.05, 0) is 42.0 Å². The molecule has 1 aromatic heterocycles. The maximum Gasteiger partial charge on any atom is 0.336 e. The van der Waals surface area contributed by atoms with Gasteiger partial charge in [-0.3, -0.25) is 4.90 Å². The fourth-order valence-electron chi connectivity index (χ4n) is 4.01. The molecule has 1 atom stereocenters. The Hall–Kier alpha value is -2.59. The van der Waals surface area contributed by atoms with Gasteiger partial charge >= 0.3 is 5.63 Å². The smallest absolute Gasteiger partial charge is 0.336 e. The van der Waals surface area contributed by atoms with Crippen molar-refractivity contribution in [1.29, 1.82) is 0 Å². The van der Waals surface area contributed by atoms with E-state index in [4.69, 9.17) is 9.15 Å². The third kappa shape index (κ3) is 3.83. The molecule has 0 fully saturated rings. The molecule has 28 heavy (non-hydrogen) atoms. The van der Waals surface area contributed by atoms with Crippen molar-refractivity contribution >= 4 is 11.0 Å². The molecule has 3 aromatic rings. The zero-order chi connectivity index (χ0) is 19.5. The summed E-state index contributed by atoms with van der Waals surface area (Å²) in [5.74, 6) is 1.22. The van der Waals surface area contributed by atoms with Crippen LogP contribution < -0.4 is 10.4 Å². The fourth-order valence-corrected chi connectivity index (χ4v) is 4.01. The molecule has 0 aliphatic carbocycles. The van der Waals surface area contributed by atoms with Crippen molar-refractivity contribution in [2.24, 2.45) is 0 Å². The van der Waals surface area contributed by atoms with Crippen LogP contribution in [0.15, 0.2) is 57.7 Å². The summed E-state index contributed by atoms with van der Waals surface area (Å²) in [6.07, 6.45) is 3.06. The summed E-state index contributed by atoms with van der Waals surface area (Å²) in [4.78, 5) is 14.5. The van der Waals surface area contributed by atoms with Gasteiger partial charge in [0.25, 0.3) is 0 Å². The van der Waals surface area contributed by atoms with Crippen molar-refractivity contribution in [3.05, 3.63) is 75.6 Å². The molecule has 2 aromatic carbocycles. The van der Waals surface area contributed by atoms with Gasteiger partial charge in [0.05, 0.1) is 5.56 Å². The summed E-state index contributed by atoms with van der Waals surface area (Å²) in [6.45, 7) is 6.56. The molecule has 0 bridgehead atoms. The highest BCUT2D eigenvalue weighted by Crippen LogP contribution is 2.34. The summed E-state index contributed by atoms with van der Waals surface area (Å²) in [6, 6.07) is 16.2. The topological polar surface area (TPSA) is 42.7 Å². The average Bonchev–Trinajstić information content (AvgIpc) is 2.72. The molecule has 4 rings (SSSR count). The molecular weight excluding hydrogens is 350 g/mol. The number of aryl methyl sites for hydroxylation is 1. The minimum absolute atomic E-state index is 0.276. The minimum Gasteiger partial charge on any atom is -0.478 e. The number of hydrogen-bond donors (Lipinski definition) is 0. The predicted molar refractivity (Wildman–Crippen MR) is 112 cm³/mol. The third-order valence-corrected chi connectivity index (χ3v) is 5.54. The molecule has 0 saturated heterocycles. The molecule has 0 unspecified atom stereocenters. The van der Waals surface area contributed by atoms with Gasteiger partial charge in [0, 0.05) is 24.5 Å². The Morgan fingerprint density at radius 1 is 1.14 bits per heavy atom. The Balaban J connectivity index is 1.63. The molecular formula is C24H27NO3. The Labute approximate surface area is 165 Å². The highest BCUT2D eigenvalue weighted by Gasteiger charge is 2.23. The lowest BCUT2D eigenvalue weighted by Gasteiger charge is -2.31. The van der Waals surface area contributed by atoms with Gasteiger partial charge in [-0.15, -0.1) is 0 Å². The lowest BCUT2D eigenvalue weighted by atomic mass is 9.99. The summed E-state index contributed by atoms with van der Waals surface area (Å²) in [5.41, 5.74) is 3.79. The van der Waals surface area contributed by atoms with E-state index in [9.17, 15) is 4.79 Å².